The van der Waals surface area contributed by atoms with Crippen LogP contribution in [-0.2, 0) is 10.9 Å². The standard InChI is InChI=1S/C13H9F3O2/c1-2-3-4-9-18-12(17)10-5-7-11(8-6-10)13(14,15)16/h1,3-8H,9H2. The van der Waals surface area contributed by atoms with Gasteiger partial charge in [-0.1, -0.05) is 5.92 Å². The zero-order valence-corrected chi connectivity index (χ0v) is 9.20. The quantitative estimate of drug-likeness (QED) is 0.612. The minimum atomic E-state index is -4.42. The van der Waals surface area contributed by atoms with Crippen LogP contribution in [0.1, 0.15) is 15.9 Å². The van der Waals surface area contributed by atoms with Crippen LogP contribution >= 0.6 is 0 Å². The molecule has 0 heterocycles. The summed E-state index contributed by atoms with van der Waals surface area (Å²) in [7, 11) is 0. The minimum Gasteiger partial charge on any atom is -0.458 e. The number of terminal acetylenes is 1. The molecule has 0 radical (unpaired) electrons. The van der Waals surface area contributed by atoms with Crippen molar-refractivity contribution in [1.82, 2.24) is 0 Å². The third-order valence-electron chi connectivity index (χ3n) is 1.97. The maximum absolute atomic E-state index is 12.3. The Morgan fingerprint density at radius 2 is 1.94 bits per heavy atom. The lowest BCUT2D eigenvalue weighted by Gasteiger charge is -2.07. The van der Waals surface area contributed by atoms with Gasteiger partial charge < -0.3 is 4.74 Å². The fourth-order valence-electron chi connectivity index (χ4n) is 1.12. The van der Waals surface area contributed by atoms with Crippen molar-refractivity contribution < 1.29 is 22.7 Å². The predicted octanol–water partition coefficient (Wildman–Crippen LogP) is 3.05. The molecule has 0 saturated carbocycles. The molecule has 0 spiro atoms. The first-order valence-electron chi connectivity index (χ1n) is 4.90. The number of carbonyl (C=O) groups is 1. The number of benzene rings is 1. The van der Waals surface area contributed by atoms with E-state index in [4.69, 9.17) is 11.2 Å². The molecule has 0 fully saturated rings. The van der Waals surface area contributed by atoms with Crippen molar-refractivity contribution in [2.24, 2.45) is 0 Å². The smallest absolute Gasteiger partial charge is 0.416 e. The molecule has 0 atom stereocenters. The van der Waals surface area contributed by atoms with Crippen molar-refractivity contribution in [3.8, 4) is 12.3 Å². The second-order valence-corrected chi connectivity index (χ2v) is 3.24. The molecule has 1 aromatic carbocycles. The van der Waals surface area contributed by atoms with E-state index >= 15 is 0 Å². The van der Waals surface area contributed by atoms with Gasteiger partial charge in [-0.15, -0.1) is 6.42 Å². The fraction of sp³-hybridized carbons (Fsp3) is 0.154. The molecule has 0 aliphatic heterocycles. The zero-order chi connectivity index (χ0) is 13.6. The van der Waals surface area contributed by atoms with E-state index in [-0.39, 0.29) is 12.2 Å². The van der Waals surface area contributed by atoms with Crippen molar-refractivity contribution in [2.45, 2.75) is 6.18 Å². The average Bonchev–Trinajstić information content (AvgIpc) is 2.33. The van der Waals surface area contributed by atoms with Gasteiger partial charge in [-0.05, 0) is 36.4 Å². The van der Waals surface area contributed by atoms with E-state index in [0.29, 0.717) is 0 Å². The molecule has 0 aliphatic rings. The van der Waals surface area contributed by atoms with Crippen molar-refractivity contribution in [2.75, 3.05) is 6.61 Å². The molecule has 0 N–H and O–H groups in total. The number of esters is 1. The molecule has 94 valence electrons. The van der Waals surface area contributed by atoms with Gasteiger partial charge in [0.15, 0.2) is 0 Å². The summed E-state index contributed by atoms with van der Waals surface area (Å²) in [6.45, 7) is -0.0238. The van der Waals surface area contributed by atoms with Crippen LogP contribution in [0.2, 0.25) is 0 Å². The van der Waals surface area contributed by atoms with E-state index in [1.54, 1.807) is 0 Å². The zero-order valence-electron chi connectivity index (χ0n) is 9.20. The molecule has 0 amide bonds. The Bertz CT molecular complexity index is 478. The van der Waals surface area contributed by atoms with Gasteiger partial charge in [-0.3, -0.25) is 0 Å². The lowest BCUT2D eigenvalue weighted by molar-refractivity contribution is -0.137. The molecule has 2 nitrogen and oxygen atoms in total. The molecule has 0 aliphatic carbocycles. The van der Waals surface area contributed by atoms with Gasteiger partial charge in [0.1, 0.15) is 6.61 Å². The Hall–Kier alpha value is -2.22. The topological polar surface area (TPSA) is 26.3 Å². The summed E-state index contributed by atoms with van der Waals surface area (Å²) in [5.74, 6) is 1.51. The number of halogens is 3. The largest absolute Gasteiger partial charge is 0.458 e. The summed E-state index contributed by atoms with van der Waals surface area (Å²) in [4.78, 5) is 11.4. The summed E-state index contributed by atoms with van der Waals surface area (Å²) < 4.78 is 41.5. The summed E-state index contributed by atoms with van der Waals surface area (Å²) in [5, 5.41) is 0. The lowest BCUT2D eigenvalue weighted by Crippen LogP contribution is -2.08. The Labute approximate surface area is 102 Å². The number of carbonyl (C=O) groups excluding carboxylic acids is 1. The first-order chi connectivity index (χ1) is 8.45. The van der Waals surface area contributed by atoms with Crippen LogP contribution in [0, 0.1) is 12.3 Å². The van der Waals surface area contributed by atoms with Crippen LogP contribution in [-0.4, -0.2) is 12.6 Å². The van der Waals surface area contributed by atoms with E-state index < -0.39 is 17.7 Å². The highest BCUT2D eigenvalue weighted by Crippen LogP contribution is 2.29. The van der Waals surface area contributed by atoms with E-state index in [0.717, 1.165) is 24.3 Å². The van der Waals surface area contributed by atoms with Crippen LogP contribution < -0.4 is 0 Å². The highest BCUT2D eigenvalue weighted by atomic mass is 19.4. The molecular formula is C13H9F3O2. The van der Waals surface area contributed by atoms with Crippen LogP contribution in [0.5, 0.6) is 0 Å². The number of ether oxygens (including phenoxy) is 1. The van der Waals surface area contributed by atoms with Gasteiger partial charge in [0.05, 0.1) is 11.1 Å². The first kappa shape index (κ1) is 13.8. The fourth-order valence-corrected chi connectivity index (χ4v) is 1.12. The SMILES string of the molecule is C#CC=CCOC(=O)c1ccc(C(F)(F)F)cc1. The van der Waals surface area contributed by atoms with E-state index in [1.807, 2.05) is 0 Å². The van der Waals surface area contributed by atoms with Gasteiger partial charge in [0.2, 0.25) is 0 Å². The summed E-state index contributed by atoms with van der Waals surface area (Å²) in [5.41, 5.74) is -0.761. The number of alkyl halides is 3. The maximum Gasteiger partial charge on any atom is 0.416 e. The molecule has 5 heteroatoms. The number of rotatable bonds is 3. The first-order valence-corrected chi connectivity index (χ1v) is 4.90. The van der Waals surface area contributed by atoms with Crippen molar-refractivity contribution in [3.63, 3.8) is 0 Å². The highest BCUT2D eigenvalue weighted by molar-refractivity contribution is 5.89. The average molecular weight is 254 g/mol. The van der Waals surface area contributed by atoms with Crippen LogP contribution in [0.15, 0.2) is 36.4 Å². The lowest BCUT2D eigenvalue weighted by atomic mass is 10.1. The normalized spacial score (nSPS) is 11.2. The Morgan fingerprint density at radius 1 is 1.33 bits per heavy atom. The summed E-state index contributed by atoms with van der Waals surface area (Å²) in [6.07, 6.45) is 3.32. The summed E-state index contributed by atoms with van der Waals surface area (Å²) >= 11 is 0. The Morgan fingerprint density at radius 3 is 2.44 bits per heavy atom. The predicted molar refractivity (Wildman–Crippen MR) is 59.7 cm³/mol. The van der Waals surface area contributed by atoms with Gasteiger partial charge in [-0.25, -0.2) is 4.79 Å². The number of hydrogen-bond donors (Lipinski definition) is 0. The molecule has 0 aromatic heterocycles. The molecule has 0 saturated heterocycles. The minimum absolute atomic E-state index is 0.0238. The highest BCUT2D eigenvalue weighted by Gasteiger charge is 2.30. The molecular weight excluding hydrogens is 245 g/mol. The Kier molecular flexibility index (Phi) is 4.55. The Balaban J connectivity index is 2.66. The van der Waals surface area contributed by atoms with Crippen LogP contribution in [0.25, 0.3) is 0 Å². The second kappa shape index (κ2) is 5.92. The molecule has 0 unspecified atom stereocenters. The van der Waals surface area contributed by atoms with E-state index in [1.165, 1.54) is 12.2 Å². The third-order valence-corrected chi connectivity index (χ3v) is 1.97. The molecule has 18 heavy (non-hydrogen) atoms. The number of hydrogen-bond acceptors (Lipinski definition) is 2. The summed E-state index contributed by atoms with van der Waals surface area (Å²) in [6, 6.07) is 3.79. The van der Waals surface area contributed by atoms with Gasteiger partial charge in [0, 0.05) is 0 Å². The molecule has 0 bridgehead atoms. The van der Waals surface area contributed by atoms with Crippen molar-refractivity contribution in [3.05, 3.63) is 47.5 Å². The van der Waals surface area contributed by atoms with Crippen LogP contribution in [0.4, 0.5) is 13.2 Å². The van der Waals surface area contributed by atoms with E-state index in [2.05, 4.69) is 5.92 Å². The molecule has 1 aromatic rings. The maximum atomic E-state index is 12.3. The van der Waals surface area contributed by atoms with Gasteiger partial charge in [0.25, 0.3) is 0 Å². The van der Waals surface area contributed by atoms with Gasteiger partial charge in [-0.2, -0.15) is 13.2 Å². The third kappa shape index (κ3) is 3.98. The van der Waals surface area contributed by atoms with Crippen molar-refractivity contribution >= 4 is 5.97 Å². The monoisotopic (exact) mass is 254 g/mol. The second-order valence-electron chi connectivity index (χ2n) is 3.24. The van der Waals surface area contributed by atoms with Crippen LogP contribution in [0.3, 0.4) is 0 Å². The van der Waals surface area contributed by atoms with Gasteiger partial charge >= 0.3 is 12.1 Å². The number of allylic oxidation sites excluding steroid dienone is 1. The molecule has 1 rings (SSSR count). The van der Waals surface area contributed by atoms with Crippen molar-refractivity contribution in [1.29, 1.82) is 0 Å². The van der Waals surface area contributed by atoms with E-state index in [9.17, 15) is 18.0 Å².